The summed E-state index contributed by atoms with van der Waals surface area (Å²) in [6, 6.07) is 8.82. The summed E-state index contributed by atoms with van der Waals surface area (Å²) in [5.41, 5.74) is 2.00. The maximum atomic E-state index is 11.4. The first-order chi connectivity index (χ1) is 12.0. The molecule has 0 spiro atoms. The molecule has 0 saturated heterocycles. The summed E-state index contributed by atoms with van der Waals surface area (Å²) in [6.07, 6.45) is 0. The predicted molar refractivity (Wildman–Crippen MR) is 92.9 cm³/mol. The lowest BCUT2D eigenvalue weighted by atomic mass is 10.1. The van der Waals surface area contributed by atoms with E-state index >= 15 is 0 Å². The Hall–Kier alpha value is -3.09. The Kier molecular flexibility index (Phi) is 4.56. The fourth-order valence-electron chi connectivity index (χ4n) is 2.67. The van der Waals surface area contributed by atoms with Gasteiger partial charge in [0.2, 0.25) is 0 Å². The van der Waals surface area contributed by atoms with E-state index in [1.807, 2.05) is 32.0 Å². The quantitative estimate of drug-likeness (QED) is 0.711. The number of hydrogen-bond donors (Lipinski definition) is 1. The Bertz CT molecular complexity index is 903. The predicted octanol–water partition coefficient (Wildman–Crippen LogP) is 3.50. The number of aryl methyl sites for hydroxylation is 1. The lowest BCUT2D eigenvalue weighted by Crippen LogP contribution is -2.11. The van der Waals surface area contributed by atoms with Crippen LogP contribution in [0.1, 0.15) is 34.8 Å². The van der Waals surface area contributed by atoms with Crippen LogP contribution in [0.4, 0.5) is 5.82 Å². The van der Waals surface area contributed by atoms with Crippen molar-refractivity contribution < 1.29 is 18.7 Å². The number of carbonyl (C=O) groups excluding carboxylic acids is 1. The Balaban J connectivity index is 1.83. The van der Waals surface area contributed by atoms with Gasteiger partial charge in [0.25, 0.3) is 0 Å². The maximum Gasteiger partial charge on any atom is 0.358 e. The molecule has 1 N–H and O–H groups in total. The molecule has 2 heterocycles. The fraction of sp³-hybridized carbons (Fsp3) is 0.278. The largest absolute Gasteiger partial charge is 0.497 e. The Morgan fingerprint density at radius 1 is 1.20 bits per heavy atom. The van der Waals surface area contributed by atoms with E-state index < -0.39 is 5.97 Å². The third kappa shape index (κ3) is 3.26. The van der Waals surface area contributed by atoms with Gasteiger partial charge in [-0.1, -0.05) is 0 Å². The van der Waals surface area contributed by atoms with E-state index in [2.05, 4.69) is 20.3 Å². The highest BCUT2D eigenvalue weighted by molar-refractivity contribution is 5.87. The number of methoxy groups -OCH3 is 2. The van der Waals surface area contributed by atoms with Crippen LogP contribution < -0.4 is 10.1 Å². The molecular formula is C18H19N3O4. The van der Waals surface area contributed by atoms with Crippen molar-refractivity contribution in [1.82, 2.24) is 10.2 Å². The number of furan rings is 1. The van der Waals surface area contributed by atoms with Crippen LogP contribution in [0.25, 0.3) is 11.0 Å². The summed E-state index contributed by atoms with van der Waals surface area (Å²) >= 11 is 0. The van der Waals surface area contributed by atoms with Gasteiger partial charge in [0, 0.05) is 10.9 Å². The molecule has 25 heavy (non-hydrogen) atoms. The van der Waals surface area contributed by atoms with Crippen LogP contribution in [0, 0.1) is 6.92 Å². The van der Waals surface area contributed by atoms with Gasteiger partial charge in [-0.3, -0.25) is 0 Å². The summed E-state index contributed by atoms with van der Waals surface area (Å²) in [6.45, 7) is 3.97. The zero-order valence-corrected chi connectivity index (χ0v) is 14.5. The minimum absolute atomic E-state index is 0.128. The molecule has 7 nitrogen and oxygen atoms in total. The highest BCUT2D eigenvalue weighted by atomic mass is 16.5. The number of hydrogen-bond acceptors (Lipinski definition) is 7. The third-order valence-electron chi connectivity index (χ3n) is 4.00. The van der Waals surface area contributed by atoms with E-state index in [1.165, 1.54) is 7.11 Å². The highest BCUT2D eigenvalue weighted by Crippen LogP contribution is 2.32. The average Bonchev–Trinajstić information content (AvgIpc) is 2.98. The first kappa shape index (κ1) is 16.8. The standard InChI is InChI=1S/C18H19N3O4/c1-10-13-9-12(23-3)5-7-15(13)25-17(10)11(2)19-16-8-6-14(20-21-16)18(22)24-4/h5-9,11H,1-4H3,(H,19,21). The lowest BCUT2D eigenvalue weighted by Gasteiger charge is -2.12. The first-order valence-corrected chi connectivity index (χ1v) is 7.79. The van der Waals surface area contributed by atoms with Crippen molar-refractivity contribution in [3.8, 4) is 5.75 Å². The van der Waals surface area contributed by atoms with Gasteiger partial charge in [-0.05, 0) is 44.2 Å². The zero-order valence-electron chi connectivity index (χ0n) is 14.5. The molecule has 7 heteroatoms. The second-order valence-electron chi connectivity index (χ2n) is 5.61. The Labute approximate surface area is 145 Å². The van der Waals surface area contributed by atoms with E-state index in [0.717, 1.165) is 28.0 Å². The van der Waals surface area contributed by atoms with Gasteiger partial charge in [-0.2, -0.15) is 0 Å². The van der Waals surface area contributed by atoms with Crippen molar-refractivity contribution in [2.75, 3.05) is 19.5 Å². The fourth-order valence-corrected chi connectivity index (χ4v) is 2.67. The molecule has 130 valence electrons. The van der Waals surface area contributed by atoms with Gasteiger partial charge in [0.15, 0.2) is 5.69 Å². The van der Waals surface area contributed by atoms with E-state index in [0.29, 0.717) is 5.82 Å². The van der Waals surface area contributed by atoms with E-state index in [4.69, 9.17) is 9.15 Å². The van der Waals surface area contributed by atoms with Crippen molar-refractivity contribution in [1.29, 1.82) is 0 Å². The summed E-state index contributed by atoms with van der Waals surface area (Å²) in [5, 5.41) is 12.1. The molecule has 1 unspecified atom stereocenters. The summed E-state index contributed by atoms with van der Waals surface area (Å²) in [5.74, 6) is 1.61. The molecule has 0 amide bonds. The number of carbonyl (C=O) groups is 1. The van der Waals surface area contributed by atoms with Crippen LogP contribution in [0.3, 0.4) is 0 Å². The molecular weight excluding hydrogens is 322 g/mol. The number of esters is 1. The van der Waals surface area contributed by atoms with Crippen molar-refractivity contribution in [2.24, 2.45) is 0 Å². The van der Waals surface area contributed by atoms with Gasteiger partial charge in [-0.15, -0.1) is 10.2 Å². The van der Waals surface area contributed by atoms with Gasteiger partial charge >= 0.3 is 5.97 Å². The number of aromatic nitrogens is 2. The molecule has 0 aliphatic rings. The molecule has 3 aromatic rings. The number of nitrogens with one attached hydrogen (secondary N) is 1. The van der Waals surface area contributed by atoms with Gasteiger partial charge in [-0.25, -0.2) is 4.79 Å². The molecule has 3 rings (SSSR count). The minimum Gasteiger partial charge on any atom is -0.497 e. The molecule has 0 saturated carbocycles. The Morgan fingerprint density at radius 3 is 2.64 bits per heavy atom. The van der Waals surface area contributed by atoms with Crippen molar-refractivity contribution in [3.05, 3.63) is 47.3 Å². The number of anilines is 1. The third-order valence-corrected chi connectivity index (χ3v) is 4.00. The first-order valence-electron chi connectivity index (χ1n) is 7.79. The molecule has 0 aliphatic carbocycles. The van der Waals surface area contributed by atoms with E-state index in [1.54, 1.807) is 19.2 Å². The van der Waals surface area contributed by atoms with Crippen LogP contribution in [0.2, 0.25) is 0 Å². The number of rotatable bonds is 5. The van der Waals surface area contributed by atoms with Crippen molar-refractivity contribution in [3.63, 3.8) is 0 Å². The van der Waals surface area contributed by atoms with E-state index in [9.17, 15) is 4.79 Å². The molecule has 0 fully saturated rings. The lowest BCUT2D eigenvalue weighted by molar-refractivity contribution is 0.0592. The zero-order chi connectivity index (χ0) is 18.0. The van der Waals surface area contributed by atoms with E-state index in [-0.39, 0.29) is 11.7 Å². The number of ether oxygens (including phenoxy) is 2. The van der Waals surface area contributed by atoms with Gasteiger partial charge in [0.05, 0.1) is 20.3 Å². The minimum atomic E-state index is -0.519. The number of nitrogens with zero attached hydrogens (tertiary/aromatic N) is 2. The van der Waals surface area contributed by atoms with Gasteiger partial charge < -0.3 is 19.2 Å². The summed E-state index contributed by atoms with van der Waals surface area (Å²) in [4.78, 5) is 11.4. The molecule has 0 aliphatic heterocycles. The normalized spacial score (nSPS) is 12.0. The maximum absolute atomic E-state index is 11.4. The summed E-state index contributed by atoms with van der Waals surface area (Å²) < 4.78 is 15.8. The molecule has 1 aromatic carbocycles. The van der Waals surface area contributed by atoms with Gasteiger partial charge in [0.1, 0.15) is 22.9 Å². The average molecular weight is 341 g/mol. The topological polar surface area (TPSA) is 86.5 Å². The molecule has 0 bridgehead atoms. The van der Waals surface area contributed by atoms with Crippen LogP contribution in [-0.2, 0) is 4.74 Å². The Morgan fingerprint density at radius 2 is 2.00 bits per heavy atom. The number of benzene rings is 1. The monoisotopic (exact) mass is 341 g/mol. The van der Waals surface area contributed by atoms with Crippen LogP contribution in [0.15, 0.2) is 34.7 Å². The van der Waals surface area contributed by atoms with Crippen LogP contribution in [-0.4, -0.2) is 30.4 Å². The smallest absolute Gasteiger partial charge is 0.358 e. The van der Waals surface area contributed by atoms with Crippen molar-refractivity contribution >= 4 is 22.8 Å². The molecule has 2 aromatic heterocycles. The SMILES string of the molecule is COC(=O)c1ccc(NC(C)c2oc3ccc(OC)cc3c2C)nn1. The van der Waals surface area contributed by atoms with Crippen LogP contribution in [0.5, 0.6) is 5.75 Å². The second kappa shape index (κ2) is 6.80. The highest BCUT2D eigenvalue weighted by Gasteiger charge is 2.18. The van der Waals surface area contributed by atoms with Crippen LogP contribution >= 0.6 is 0 Å². The molecule has 1 atom stereocenters. The van der Waals surface area contributed by atoms with Crippen molar-refractivity contribution in [2.45, 2.75) is 19.9 Å². The molecule has 0 radical (unpaired) electrons. The number of fused-ring (bicyclic) bond motifs is 1. The summed E-state index contributed by atoms with van der Waals surface area (Å²) in [7, 11) is 2.94. The second-order valence-corrected chi connectivity index (χ2v) is 5.61.